The monoisotopic (exact) mass is 418 g/mol. The summed E-state index contributed by atoms with van der Waals surface area (Å²) in [6.07, 6.45) is 3.65. The summed E-state index contributed by atoms with van der Waals surface area (Å²) in [5.74, 6) is -0.686. The van der Waals surface area contributed by atoms with Gasteiger partial charge in [-0.3, -0.25) is 9.20 Å². The van der Waals surface area contributed by atoms with Gasteiger partial charge < -0.3 is 5.32 Å². The lowest BCUT2D eigenvalue weighted by Crippen LogP contribution is -2.25. The molecule has 0 saturated heterocycles. The molecule has 0 aliphatic heterocycles. The molecule has 0 atom stereocenters. The number of nitrogens with one attached hydrogen (secondary N) is 1. The van der Waals surface area contributed by atoms with Gasteiger partial charge in [0.2, 0.25) is 0 Å². The summed E-state index contributed by atoms with van der Waals surface area (Å²) in [6.45, 7) is 3.49. The first-order valence-electron chi connectivity index (χ1n) is 10.1. The van der Waals surface area contributed by atoms with Crippen LogP contribution >= 0.6 is 0 Å². The zero-order valence-electron chi connectivity index (χ0n) is 17.1. The quantitative estimate of drug-likeness (QED) is 0.515. The van der Waals surface area contributed by atoms with Gasteiger partial charge in [0.25, 0.3) is 5.91 Å². The van der Waals surface area contributed by atoms with Crippen LogP contribution in [0.2, 0.25) is 0 Å². The smallest absolute Gasteiger partial charge is 0.251 e. The van der Waals surface area contributed by atoms with E-state index in [1.54, 1.807) is 41.8 Å². The van der Waals surface area contributed by atoms with E-state index < -0.39 is 5.82 Å². The summed E-state index contributed by atoms with van der Waals surface area (Å²) >= 11 is 0. The second-order valence-electron chi connectivity index (χ2n) is 7.98. The third-order valence-electron chi connectivity index (χ3n) is 5.69. The van der Waals surface area contributed by atoms with Crippen molar-refractivity contribution in [1.29, 1.82) is 0 Å². The molecule has 1 N–H and O–H groups in total. The minimum absolute atomic E-state index is 0.188. The van der Waals surface area contributed by atoms with Crippen molar-refractivity contribution in [3.8, 4) is 22.5 Å². The number of aromatic nitrogens is 3. The van der Waals surface area contributed by atoms with E-state index in [2.05, 4.69) is 15.5 Å². The Morgan fingerprint density at radius 2 is 1.87 bits per heavy atom. The van der Waals surface area contributed by atoms with E-state index in [-0.39, 0.29) is 23.3 Å². The summed E-state index contributed by atoms with van der Waals surface area (Å²) in [7, 11) is 0. The van der Waals surface area contributed by atoms with Crippen LogP contribution in [0.25, 0.3) is 28.2 Å². The number of carbonyl (C=O) groups is 1. The molecule has 0 unspecified atom stereocenters. The fourth-order valence-electron chi connectivity index (χ4n) is 3.75. The van der Waals surface area contributed by atoms with Crippen LogP contribution in [0.3, 0.4) is 0 Å². The van der Waals surface area contributed by atoms with Gasteiger partial charge in [-0.05, 0) is 79.3 Å². The number of rotatable bonds is 4. The van der Waals surface area contributed by atoms with E-state index in [1.807, 2.05) is 13.0 Å². The molecule has 1 aliphatic rings. The van der Waals surface area contributed by atoms with E-state index in [0.717, 1.165) is 18.4 Å². The van der Waals surface area contributed by atoms with Crippen molar-refractivity contribution >= 4 is 11.6 Å². The Labute approximate surface area is 177 Å². The molecule has 2 heterocycles. The third-order valence-corrected chi connectivity index (χ3v) is 5.69. The highest BCUT2D eigenvalue weighted by Gasteiger charge is 2.25. The molecule has 1 saturated carbocycles. The third kappa shape index (κ3) is 3.46. The van der Waals surface area contributed by atoms with Crippen LogP contribution in [0.5, 0.6) is 0 Å². The van der Waals surface area contributed by atoms with Crippen molar-refractivity contribution < 1.29 is 13.6 Å². The zero-order valence-corrected chi connectivity index (χ0v) is 17.1. The molecule has 1 amide bonds. The van der Waals surface area contributed by atoms with Crippen LogP contribution in [-0.2, 0) is 0 Å². The van der Waals surface area contributed by atoms with Gasteiger partial charge in [0, 0.05) is 17.8 Å². The Morgan fingerprint density at radius 3 is 2.61 bits per heavy atom. The van der Waals surface area contributed by atoms with Gasteiger partial charge in [-0.1, -0.05) is 12.1 Å². The fourth-order valence-corrected chi connectivity index (χ4v) is 3.75. The standard InChI is InChI=1S/C24H20F2N4O/c1-13-4-3-5-19(25)22(13)23-29-28-21-12-15(8-9-30(21)23)18-10-16(11-20(26)14(18)2)24(31)27-17-6-7-17/h3-5,8-12,17H,6-7H2,1-2H3,(H,27,31). The highest BCUT2D eigenvalue weighted by atomic mass is 19.1. The summed E-state index contributed by atoms with van der Waals surface area (Å²) in [6, 6.07) is 11.6. The molecule has 0 radical (unpaired) electrons. The Kier molecular flexibility index (Phi) is 4.54. The number of amides is 1. The second-order valence-corrected chi connectivity index (χ2v) is 7.98. The maximum atomic E-state index is 14.6. The van der Waals surface area contributed by atoms with Crippen LogP contribution < -0.4 is 5.32 Å². The first-order valence-corrected chi connectivity index (χ1v) is 10.1. The van der Waals surface area contributed by atoms with Gasteiger partial charge in [-0.2, -0.15) is 0 Å². The van der Waals surface area contributed by atoms with Gasteiger partial charge in [-0.15, -0.1) is 10.2 Å². The molecular formula is C24H20F2N4O. The Balaban J connectivity index is 1.59. The lowest BCUT2D eigenvalue weighted by atomic mass is 9.97. The molecule has 7 heteroatoms. The number of benzene rings is 2. The van der Waals surface area contributed by atoms with Crippen LogP contribution in [0, 0.1) is 25.5 Å². The number of halogens is 2. The van der Waals surface area contributed by atoms with Crippen LogP contribution in [0.1, 0.15) is 34.3 Å². The second kappa shape index (κ2) is 7.27. The number of aryl methyl sites for hydroxylation is 1. The maximum Gasteiger partial charge on any atom is 0.251 e. The van der Waals surface area contributed by atoms with Crippen molar-refractivity contribution in [2.45, 2.75) is 32.7 Å². The van der Waals surface area contributed by atoms with E-state index >= 15 is 0 Å². The molecule has 1 fully saturated rings. The summed E-state index contributed by atoms with van der Waals surface area (Å²) in [5.41, 5.74) is 3.69. The van der Waals surface area contributed by atoms with E-state index in [4.69, 9.17) is 0 Å². The number of carbonyl (C=O) groups excluding carboxylic acids is 1. The molecule has 4 aromatic rings. The molecule has 5 nitrogen and oxygen atoms in total. The first-order chi connectivity index (χ1) is 14.9. The molecule has 1 aliphatic carbocycles. The van der Waals surface area contributed by atoms with Gasteiger partial charge in [-0.25, -0.2) is 8.78 Å². The minimum atomic E-state index is -0.442. The topological polar surface area (TPSA) is 59.3 Å². The molecule has 2 aromatic heterocycles. The molecule has 156 valence electrons. The summed E-state index contributed by atoms with van der Waals surface area (Å²) < 4.78 is 30.7. The highest BCUT2D eigenvalue weighted by molar-refractivity contribution is 5.96. The van der Waals surface area contributed by atoms with E-state index in [0.29, 0.717) is 33.7 Å². The van der Waals surface area contributed by atoms with Crippen LogP contribution in [-0.4, -0.2) is 26.5 Å². The lowest BCUT2D eigenvalue weighted by Gasteiger charge is -2.12. The van der Waals surface area contributed by atoms with Crippen molar-refractivity contribution in [2.24, 2.45) is 0 Å². The maximum absolute atomic E-state index is 14.6. The number of nitrogens with zero attached hydrogens (tertiary/aromatic N) is 3. The average molecular weight is 418 g/mol. The number of pyridine rings is 1. The Morgan fingerprint density at radius 1 is 1.06 bits per heavy atom. The molecule has 2 aromatic carbocycles. The summed E-state index contributed by atoms with van der Waals surface area (Å²) in [5, 5.41) is 11.3. The molecule has 31 heavy (non-hydrogen) atoms. The normalized spacial score (nSPS) is 13.5. The predicted molar refractivity (Wildman–Crippen MR) is 114 cm³/mol. The van der Waals surface area contributed by atoms with Crippen molar-refractivity contribution in [3.63, 3.8) is 0 Å². The Bertz CT molecular complexity index is 1320. The van der Waals surface area contributed by atoms with Gasteiger partial charge >= 0.3 is 0 Å². The molecule has 0 bridgehead atoms. The number of hydrogen-bond donors (Lipinski definition) is 1. The zero-order chi connectivity index (χ0) is 21.7. The van der Waals surface area contributed by atoms with E-state index in [9.17, 15) is 13.6 Å². The highest BCUT2D eigenvalue weighted by Crippen LogP contribution is 2.30. The number of hydrogen-bond acceptors (Lipinski definition) is 3. The van der Waals surface area contributed by atoms with Gasteiger partial charge in [0.05, 0.1) is 5.56 Å². The minimum Gasteiger partial charge on any atom is -0.349 e. The Hall–Kier alpha value is -3.61. The number of fused-ring (bicyclic) bond motifs is 1. The predicted octanol–water partition coefficient (Wildman–Crippen LogP) is 4.85. The van der Waals surface area contributed by atoms with Crippen LogP contribution in [0.4, 0.5) is 8.78 Å². The molecular weight excluding hydrogens is 398 g/mol. The van der Waals surface area contributed by atoms with E-state index in [1.165, 1.54) is 12.1 Å². The van der Waals surface area contributed by atoms with Crippen LogP contribution in [0.15, 0.2) is 48.7 Å². The summed E-state index contributed by atoms with van der Waals surface area (Å²) in [4.78, 5) is 12.4. The molecule has 0 spiro atoms. The van der Waals surface area contributed by atoms with Gasteiger partial charge in [0.1, 0.15) is 11.6 Å². The largest absolute Gasteiger partial charge is 0.349 e. The van der Waals surface area contributed by atoms with Crippen molar-refractivity contribution in [1.82, 2.24) is 19.9 Å². The average Bonchev–Trinajstić information content (AvgIpc) is 3.47. The van der Waals surface area contributed by atoms with Gasteiger partial charge in [0.15, 0.2) is 11.5 Å². The molecule has 5 rings (SSSR count). The van der Waals surface area contributed by atoms with Crippen molar-refractivity contribution in [3.05, 3.63) is 77.0 Å². The fraction of sp³-hybridized carbons (Fsp3) is 0.208. The van der Waals surface area contributed by atoms with Crippen molar-refractivity contribution in [2.75, 3.05) is 0 Å². The lowest BCUT2D eigenvalue weighted by molar-refractivity contribution is 0.0950. The SMILES string of the molecule is Cc1cccc(F)c1-c1nnc2cc(-c3cc(C(=O)NC4CC4)cc(F)c3C)ccn12. The first kappa shape index (κ1) is 19.4.